The summed E-state index contributed by atoms with van der Waals surface area (Å²) in [6.07, 6.45) is 0. The van der Waals surface area contributed by atoms with Crippen molar-refractivity contribution in [3.8, 4) is 38.5 Å². The van der Waals surface area contributed by atoms with E-state index >= 15 is 0 Å². The summed E-state index contributed by atoms with van der Waals surface area (Å²) in [4.78, 5) is 5.24. The Morgan fingerprint density at radius 3 is 2.12 bits per heavy atom. The lowest BCUT2D eigenvalue weighted by Gasteiger charge is -2.27. The molecule has 4 heterocycles. The molecule has 8 aromatic carbocycles. The SMILES string of the molecule is CC(C)(C)c1ccc(Nc2cc3c(cc2-c2ccc4c5cc6oc7ccccc7c6cc5n5c4c2[B]c2cc4nc(-c6ccccc6)sc4cc2-5)C(C)(C)c2cc(C(C)(C)C)ccc2-3)cc1. The third kappa shape index (κ3) is 5.80. The quantitative estimate of drug-likeness (QED) is 0.179. The Bertz CT molecular complexity index is 3850. The molecule has 1 radical (unpaired) electrons. The van der Waals surface area contributed by atoms with Crippen molar-refractivity contribution >= 4 is 94.9 Å². The molecule has 6 heteroatoms. The van der Waals surface area contributed by atoms with Gasteiger partial charge >= 0.3 is 0 Å². The average Bonchev–Trinajstić information content (AvgIpc) is 4.03. The molecule has 1 aliphatic heterocycles. The maximum atomic E-state index is 6.54. The van der Waals surface area contributed by atoms with E-state index in [4.69, 9.17) is 9.40 Å². The number of para-hydroxylation sites is 1. The van der Waals surface area contributed by atoms with Crippen molar-refractivity contribution in [2.45, 2.75) is 71.6 Å². The lowest BCUT2D eigenvalue weighted by molar-refractivity contribution is 0.584. The second-order valence-electron chi connectivity index (χ2n) is 21.2. The number of aromatic nitrogens is 2. The molecule has 4 nitrogen and oxygen atoms in total. The third-order valence-electron chi connectivity index (χ3n) is 14.6. The van der Waals surface area contributed by atoms with Crippen LogP contribution < -0.4 is 16.2 Å². The number of hydrogen-bond acceptors (Lipinski definition) is 4. The molecule has 0 spiro atoms. The first kappa shape index (κ1) is 39.5. The zero-order valence-corrected chi connectivity index (χ0v) is 39.5. The van der Waals surface area contributed by atoms with Gasteiger partial charge in [0.2, 0.25) is 0 Å². The summed E-state index contributed by atoms with van der Waals surface area (Å²) in [7, 11) is 2.43. The molecule has 3 aromatic heterocycles. The van der Waals surface area contributed by atoms with E-state index in [0.717, 1.165) is 54.9 Å². The van der Waals surface area contributed by atoms with Crippen LogP contribution in [0.15, 0.2) is 150 Å². The van der Waals surface area contributed by atoms with Crippen LogP contribution in [-0.2, 0) is 16.2 Å². The summed E-state index contributed by atoms with van der Waals surface area (Å²) >= 11 is 1.76. The Morgan fingerprint density at radius 1 is 0.606 bits per heavy atom. The number of furan rings is 1. The first-order valence-electron chi connectivity index (χ1n) is 23.2. The zero-order valence-electron chi connectivity index (χ0n) is 38.6. The highest BCUT2D eigenvalue weighted by atomic mass is 32.1. The summed E-state index contributed by atoms with van der Waals surface area (Å²) < 4.78 is 10.2. The first-order valence-corrected chi connectivity index (χ1v) is 24.0. The molecule has 13 rings (SSSR count). The molecule has 0 unspecified atom stereocenters. The summed E-state index contributed by atoms with van der Waals surface area (Å²) in [6, 6.07) is 54.1. The van der Waals surface area contributed by atoms with Crippen LogP contribution in [0, 0.1) is 0 Å². The number of benzene rings is 8. The predicted octanol–water partition coefficient (Wildman–Crippen LogP) is 15.2. The van der Waals surface area contributed by atoms with Crippen LogP contribution in [-0.4, -0.2) is 16.8 Å². The van der Waals surface area contributed by atoms with Gasteiger partial charge in [0, 0.05) is 60.7 Å². The first-order chi connectivity index (χ1) is 31.7. The highest BCUT2D eigenvalue weighted by Crippen LogP contribution is 2.53. The molecule has 66 heavy (non-hydrogen) atoms. The Kier molecular flexibility index (Phi) is 8.13. The molecule has 0 bridgehead atoms. The minimum atomic E-state index is -0.205. The van der Waals surface area contributed by atoms with E-state index in [0.29, 0.717) is 0 Å². The van der Waals surface area contributed by atoms with E-state index < -0.39 is 0 Å². The average molecular weight is 871 g/mol. The molecule has 0 fully saturated rings. The van der Waals surface area contributed by atoms with Crippen molar-refractivity contribution in [2.24, 2.45) is 0 Å². The van der Waals surface area contributed by atoms with Crippen molar-refractivity contribution in [1.29, 1.82) is 0 Å². The van der Waals surface area contributed by atoms with Gasteiger partial charge in [-0.05, 0) is 110 Å². The summed E-state index contributed by atoms with van der Waals surface area (Å²) in [5.41, 5.74) is 22.3. The molecular weight excluding hydrogens is 822 g/mol. The molecule has 11 aromatic rings. The highest BCUT2D eigenvalue weighted by Gasteiger charge is 2.38. The zero-order chi connectivity index (χ0) is 45.0. The van der Waals surface area contributed by atoms with Crippen molar-refractivity contribution in [2.75, 3.05) is 5.32 Å². The molecule has 319 valence electrons. The van der Waals surface area contributed by atoms with Crippen LogP contribution >= 0.6 is 11.3 Å². The largest absolute Gasteiger partial charge is 0.456 e. The monoisotopic (exact) mass is 870 g/mol. The summed E-state index contributed by atoms with van der Waals surface area (Å²) in [5, 5.41) is 9.66. The van der Waals surface area contributed by atoms with Crippen LogP contribution in [0.25, 0.3) is 92.5 Å². The second-order valence-corrected chi connectivity index (χ2v) is 22.2. The van der Waals surface area contributed by atoms with Gasteiger partial charge in [-0.1, -0.05) is 152 Å². The Balaban J connectivity index is 1.08. The van der Waals surface area contributed by atoms with E-state index in [9.17, 15) is 0 Å². The minimum Gasteiger partial charge on any atom is -0.456 e. The summed E-state index contributed by atoms with van der Waals surface area (Å²) in [5.74, 6) is 0. The molecule has 1 N–H and O–H groups in total. The normalized spacial score (nSPS) is 14.0. The molecule has 0 saturated carbocycles. The van der Waals surface area contributed by atoms with Gasteiger partial charge in [0.05, 0.1) is 15.7 Å². The van der Waals surface area contributed by atoms with Crippen LogP contribution in [0.3, 0.4) is 0 Å². The third-order valence-corrected chi connectivity index (χ3v) is 15.6. The van der Waals surface area contributed by atoms with Crippen molar-refractivity contribution in [3.63, 3.8) is 0 Å². The topological polar surface area (TPSA) is 43.0 Å². The number of hydrogen-bond donors (Lipinski definition) is 1. The maximum absolute atomic E-state index is 6.54. The Labute approximate surface area is 390 Å². The van der Waals surface area contributed by atoms with Gasteiger partial charge in [-0.3, -0.25) is 0 Å². The lowest BCUT2D eigenvalue weighted by atomic mass is 9.59. The Morgan fingerprint density at radius 2 is 1.33 bits per heavy atom. The molecule has 0 atom stereocenters. The lowest BCUT2D eigenvalue weighted by Crippen LogP contribution is -2.37. The van der Waals surface area contributed by atoms with Crippen LogP contribution in [0.4, 0.5) is 11.4 Å². The van der Waals surface area contributed by atoms with Gasteiger partial charge in [-0.15, -0.1) is 11.3 Å². The fourth-order valence-electron chi connectivity index (χ4n) is 10.9. The molecule has 1 aliphatic carbocycles. The number of thiazole rings is 1. The van der Waals surface area contributed by atoms with Gasteiger partial charge in [0.15, 0.2) is 7.28 Å². The fraction of sp³-hybridized carbons (Fsp3) is 0.183. The summed E-state index contributed by atoms with van der Waals surface area (Å²) in [6.45, 7) is 18.6. The van der Waals surface area contributed by atoms with Crippen molar-refractivity contribution < 1.29 is 4.42 Å². The van der Waals surface area contributed by atoms with Crippen molar-refractivity contribution in [3.05, 3.63) is 168 Å². The highest BCUT2D eigenvalue weighted by molar-refractivity contribution is 7.21. The second kappa shape index (κ2) is 13.6. The van der Waals surface area contributed by atoms with Crippen LogP contribution in [0.5, 0.6) is 0 Å². The Hall–Kier alpha value is -6.89. The van der Waals surface area contributed by atoms with Gasteiger partial charge in [-0.2, -0.15) is 0 Å². The molecule has 0 amide bonds. The number of rotatable bonds is 4. The van der Waals surface area contributed by atoms with Gasteiger partial charge in [0.1, 0.15) is 16.2 Å². The van der Waals surface area contributed by atoms with Gasteiger partial charge in [0.25, 0.3) is 0 Å². The smallest absolute Gasteiger partial charge is 0.198 e. The molecule has 2 aliphatic rings. The predicted molar refractivity (Wildman–Crippen MR) is 282 cm³/mol. The van der Waals surface area contributed by atoms with Crippen molar-refractivity contribution in [1.82, 2.24) is 9.55 Å². The number of nitrogens with zero attached hydrogens (tertiary/aromatic N) is 2. The van der Waals surface area contributed by atoms with Crippen LogP contribution in [0.1, 0.15) is 77.6 Å². The number of anilines is 2. The standard InChI is InChI=1S/C60H49BN3OS/c1-58(2,3)34-18-21-36(22-19-34)62-48-28-41-37-23-20-35(59(4,5)6)26-45(37)60(7,8)46(41)27-42(48)39-24-25-40-43-30-53-44(38-16-12-13-17-52(38)65-53)29-50(43)64-51-32-54-49(31-47(51)61-55(39)56(40)64)63-57(66-54)33-14-10-9-11-15-33/h9-32,62H,1-8H3. The number of fused-ring (bicyclic) bond motifs is 12. The van der Waals surface area contributed by atoms with Crippen LogP contribution in [0.2, 0.25) is 0 Å². The maximum Gasteiger partial charge on any atom is 0.198 e. The van der Waals surface area contributed by atoms with E-state index in [2.05, 4.69) is 212 Å². The minimum absolute atomic E-state index is 0.0442. The fourth-order valence-corrected chi connectivity index (χ4v) is 11.9. The van der Waals surface area contributed by atoms with E-state index in [1.807, 2.05) is 6.07 Å². The van der Waals surface area contributed by atoms with E-state index in [1.165, 1.54) is 82.2 Å². The number of nitrogens with one attached hydrogen (secondary N) is 1. The van der Waals surface area contributed by atoms with Gasteiger partial charge < -0.3 is 14.3 Å². The molecule has 0 saturated heterocycles. The van der Waals surface area contributed by atoms with E-state index in [1.54, 1.807) is 11.3 Å². The van der Waals surface area contributed by atoms with Gasteiger partial charge in [-0.25, -0.2) is 4.98 Å². The molecular formula is C60H49BN3OS. The van der Waals surface area contributed by atoms with E-state index in [-0.39, 0.29) is 16.2 Å².